The van der Waals surface area contributed by atoms with Gasteiger partial charge in [-0.3, -0.25) is 4.79 Å². The lowest BCUT2D eigenvalue weighted by Crippen LogP contribution is -2.44. The van der Waals surface area contributed by atoms with E-state index in [2.05, 4.69) is 4.90 Å². The maximum absolute atomic E-state index is 13.5. The summed E-state index contributed by atoms with van der Waals surface area (Å²) in [6.07, 6.45) is -2.44. The lowest BCUT2D eigenvalue weighted by molar-refractivity contribution is -0.137. The molecule has 0 spiro atoms. The molecule has 3 N–H and O–H groups in total. The molecule has 4 rings (SSSR count). The number of alkyl halides is 3. The third kappa shape index (κ3) is 8.01. The van der Waals surface area contributed by atoms with Crippen LogP contribution >= 0.6 is 12.4 Å². The van der Waals surface area contributed by atoms with Crippen molar-refractivity contribution in [2.75, 3.05) is 33.4 Å². The third-order valence-electron chi connectivity index (χ3n) is 7.47. The molecule has 1 unspecified atom stereocenters. The van der Waals surface area contributed by atoms with Crippen LogP contribution in [0.5, 0.6) is 11.5 Å². The highest BCUT2D eigenvalue weighted by molar-refractivity contribution is 5.94. The second-order valence-corrected chi connectivity index (χ2v) is 9.95. The summed E-state index contributed by atoms with van der Waals surface area (Å²) in [6.45, 7) is 4.19. The number of carbonyl (C=O) groups is 1. The molecule has 3 aromatic carbocycles. The monoisotopic (exact) mass is 595 g/mol. The Bertz CT molecular complexity index is 1270. The van der Waals surface area contributed by atoms with Gasteiger partial charge in [-0.05, 0) is 86.7 Å². The van der Waals surface area contributed by atoms with E-state index in [4.69, 9.17) is 9.47 Å². The van der Waals surface area contributed by atoms with E-state index in [-0.39, 0.29) is 35.1 Å². The van der Waals surface area contributed by atoms with Crippen LogP contribution in [0.4, 0.5) is 13.2 Å². The Morgan fingerprint density at radius 1 is 0.927 bits per heavy atom. The van der Waals surface area contributed by atoms with Gasteiger partial charge in [0, 0.05) is 12.1 Å². The van der Waals surface area contributed by atoms with Crippen LogP contribution in [0.1, 0.15) is 53.2 Å². The lowest BCUT2D eigenvalue weighted by Gasteiger charge is -2.42. The van der Waals surface area contributed by atoms with Crippen LogP contribution in [0.2, 0.25) is 0 Å². The number of benzene rings is 3. The fourth-order valence-corrected chi connectivity index (χ4v) is 5.31. The van der Waals surface area contributed by atoms with Crippen LogP contribution in [0.3, 0.4) is 0 Å². The Morgan fingerprint density at radius 3 is 2.17 bits per heavy atom. The van der Waals surface area contributed by atoms with Crippen molar-refractivity contribution in [3.8, 4) is 11.5 Å². The molecular weight excluding hydrogens is 559 g/mol. The number of ketones is 1. The summed E-state index contributed by atoms with van der Waals surface area (Å²) in [7, 11) is 1.53. The molecule has 1 heterocycles. The Kier molecular flexibility index (Phi) is 12.2. The zero-order valence-corrected chi connectivity index (χ0v) is 23.9. The molecule has 1 atom stereocenters. The van der Waals surface area contributed by atoms with Gasteiger partial charge in [-0.1, -0.05) is 42.5 Å². The molecule has 1 saturated heterocycles. The zero-order chi connectivity index (χ0) is 28.0. The summed E-state index contributed by atoms with van der Waals surface area (Å²) < 4.78 is 51.7. The molecule has 0 bridgehead atoms. The average molecular weight is 596 g/mol. The molecule has 1 aliphatic rings. The summed E-state index contributed by atoms with van der Waals surface area (Å²) >= 11 is 0. The lowest BCUT2D eigenvalue weighted by atomic mass is 9.71. The van der Waals surface area contributed by atoms with Crippen LogP contribution < -0.4 is 9.47 Å². The van der Waals surface area contributed by atoms with Crippen molar-refractivity contribution >= 4 is 18.2 Å². The summed E-state index contributed by atoms with van der Waals surface area (Å²) in [5.74, 6) is 0.809. The normalized spacial score (nSPS) is 15.7. The number of carbonyl (C=O) groups excluding carboxylic acids is 1. The maximum Gasteiger partial charge on any atom is 0.416 e. The predicted octanol–water partition coefficient (Wildman–Crippen LogP) is 5.93. The quantitative estimate of drug-likeness (QED) is 0.232. The van der Waals surface area contributed by atoms with Gasteiger partial charge in [-0.2, -0.15) is 13.2 Å². The highest BCUT2D eigenvalue weighted by Gasteiger charge is 2.42. The first-order valence-corrected chi connectivity index (χ1v) is 13.1. The topological polar surface area (TPSA) is 90.5 Å². The van der Waals surface area contributed by atoms with Crippen LogP contribution in [0, 0.1) is 5.92 Å². The number of methoxy groups -OCH3 is 1. The first-order valence-electron chi connectivity index (χ1n) is 13.1. The van der Waals surface area contributed by atoms with Crippen molar-refractivity contribution in [3.05, 3.63) is 95.1 Å². The molecule has 6 nitrogen and oxygen atoms in total. The van der Waals surface area contributed by atoms with Gasteiger partial charge in [-0.25, -0.2) is 0 Å². The number of Topliss-reactive ketones (excluding diaryl/α,β-unsaturated/α-hetero) is 1. The van der Waals surface area contributed by atoms with Gasteiger partial charge < -0.3 is 25.0 Å². The van der Waals surface area contributed by atoms with Gasteiger partial charge in [0.05, 0.1) is 19.3 Å². The second-order valence-electron chi connectivity index (χ2n) is 9.95. The van der Waals surface area contributed by atoms with Gasteiger partial charge in [0.2, 0.25) is 0 Å². The van der Waals surface area contributed by atoms with E-state index in [1.807, 2.05) is 6.07 Å². The van der Waals surface area contributed by atoms with Crippen LogP contribution in [0.25, 0.3) is 0 Å². The Labute approximate surface area is 244 Å². The first-order chi connectivity index (χ1) is 18.6. The molecule has 3 aromatic rings. The number of halogens is 4. The molecule has 41 heavy (non-hydrogen) atoms. The number of rotatable bonds is 10. The highest BCUT2D eigenvalue weighted by Crippen LogP contribution is 2.43. The van der Waals surface area contributed by atoms with Gasteiger partial charge in [-0.15, -0.1) is 12.4 Å². The Hall–Kier alpha value is -3.11. The minimum absolute atomic E-state index is 0. The van der Waals surface area contributed by atoms with Gasteiger partial charge >= 0.3 is 6.18 Å². The minimum atomic E-state index is -4.49. The summed E-state index contributed by atoms with van der Waals surface area (Å²) in [6, 6.07) is 19.2. The van der Waals surface area contributed by atoms with Crippen molar-refractivity contribution in [1.29, 1.82) is 0 Å². The van der Waals surface area contributed by atoms with E-state index >= 15 is 0 Å². The standard InChI is InChI=1S/C31H34F3NO4.ClH.H2O/c1-22(36)23-12-13-28(29(20-23)38-2)39-19-7-16-35-17-14-25(15-18-35)30(37,24-8-4-3-5-9-24)26-10-6-11-27(21-26)31(32,33)34;;/h3-6,8-13,20-21,25,37H,7,14-19H2,1-2H3;1H;1H2. The van der Waals surface area contributed by atoms with Crippen LogP contribution in [-0.4, -0.2) is 54.6 Å². The molecule has 1 aliphatic heterocycles. The molecular formula is C31H37ClF3NO5. The number of piperidine rings is 1. The maximum atomic E-state index is 13.5. The SMILES string of the molecule is COc1cc(C(C)=O)ccc1OCCCN1CCC(C(O)(c2ccccc2)c2cccc(C(F)(F)F)c2)CC1.Cl.O. The Morgan fingerprint density at radius 2 is 1.56 bits per heavy atom. The number of ether oxygens (including phenoxy) is 2. The zero-order valence-electron chi connectivity index (χ0n) is 23.1. The fraction of sp³-hybridized carbons (Fsp3) is 0.387. The minimum Gasteiger partial charge on any atom is -0.493 e. The molecule has 0 radical (unpaired) electrons. The van der Waals surface area contributed by atoms with E-state index in [1.54, 1.807) is 48.5 Å². The number of hydrogen-bond acceptors (Lipinski definition) is 5. The molecule has 10 heteroatoms. The van der Waals surface area contributed by atoms with Gasteiger partial charge in [0.1, 0.15) is 5.60 Å². The molecule has 0 amide bonds. The molecule has 0 aliphatic carbocycles. The Balaban J connectivity index is 0.00000294. The molecule has 224 valence electrons. The van der Waals surface area contributed by atoms with Crippen molar-refractivity contribution < 1.29 is 38.0 Å². The van der Waals surface area contributed by atoms with Crippen molar-refractivity contribution in [3.63, 3.8) is 0 Å². The van der Waals surface area contributed by atoms with Crippen molar-refractivity contribution in [2.24, 2.45) is 5.92 Å². The number of likely N-dealkylation sites (tertiary alicyclic amines) is 1. The number of aliphatic hydroxyl groups is 1. The summed E-state index contributed by atoms with van der Waals surface area (Å²) in [4.78, 5) is 13.9. The van der Waals surface area contributed by atoms with Gasteiger partial charge in [0.15, 0.2) is 17.3 Å². The third-order valence-corrected chi connectivity index (χ3v) is 7.47. The smallest absolute Gasteiger partial charge is 0.416 e. The average Bonchev–Trinajstić information content (AvgIpc) is 2.95. The number of nitrogens with zero attached hydrogens (tertiary/aromatic N) is 1. The van der Waals surface area contributed by atoms with Crippen molar-refractivity contribution in [2.45, 2.75) is 38.0 Å². The van der Waals surface area contributed by atoms with Gasteiger partial charge in [0.25, 0.3) is 0 Å². The summed E-state index contributed by atoms with van der Waals surface area (Å²) in [5, 5.41) is 12.1. The van der Waals surface area contributed by atoms with E-state index in [1.165, 1.54) is 20.1 Å². The first kappa shape index (κ1) is 34.1. The molecule has 0 aromatic heterocycles. The predicted molar refractivity (Wildman–Crippen MR) is 154 cm³/mol. The van der Waals surface area contributed by atoms with E-state index in [9.17, 15) is 23.1 Å². The fourth-order valence-electron chi connectivity index (χ4n) is 5.31. The van der Waals surface area contributed by atoms with E-state index < -0.39 is 17.3 Å². The molecule has 0 saturated carbocycles. The van der Waals surface area contributed by atoms with Crippen LogP contribution in [-0.2, 0) is 11.8 Å². The summed E-state index contributed by atoms with van der Waals surface area (Å²) in [5.41, 5.74) is -0.872. The second kappa shape index (κ2) is 14.7. The van der Waals surface area contributed by atoms with E-state index in [0.29, 0.717) is 42.1 Å². The highest BCUT2D eigenvalue weighted by atomic mass is 35.5. The van der Waals surface area contributed by atoms with Crippen LogP contribution in [0.15, 0.2) is 72.8 Å². The number of hydrogen-bond donors (Lipinski definition) is 1. The largest absolute Gasteiger partial charge is 0.493 e. The van der Waals surface area contributed by atoms with E-state index in [0.717, 1.165) is 38.2 Å². The van der Waals surface area contributed by atoms with Crippen molar-refractivity contribution in [1.82, 2.24) is 4.90 Å². The molecule has 1 fully saturated rings.